The Balaban J connectivity index is 1.52. The van der Waals surface area contributed by atoms with Crippen LogP contribution < -0.4 is 4.74 Å². The number of halogens is 2. The van der Waals surface area contributed by atoms with E-state index in [-0.39, 0.29) is 36.4 Å². The summed E-state index contributed by atoms with van der Waals surface area (Å²) in [5.41, 5.74) is 2.51. The first-order valence-electron chi connectivity index (χ1n) is 12.9. The molecule has 204 valence electrons. The maximum Gasteiger partial charge on any atom is 0.305 e. The Labute approximate surface area is 227 Å². The van der Waals surface area contributed by atoms with E-state index < -0.39 is 17.8 Å². The molecule has 9 heteroatoms. The Morgan fingerprint density at radius 1 is 1.13 bits per heavy atom. The van der Waals surface area contributed by atoms with Crippen LogP contribution in [0, 0.1) is 18.7 Å². The lowest BCUT2D eigenvalue weighted by atomic mass is 9.98. The Morgan fingerprint density at radius 2 is 1.84 bits per heavy atom. The van der Waals surface area contributed by atoms with Gasteiger partial charge in [-0.3, -0.25) is 14.3 Å². The number of benzene rings is 2. The molecule has 0 radical (unpaired) electrons. The summed E-state index contributed by atoms with van der Waals surface area (Å²) < 4.78 is 21.6. The van der Waals surface area contributed by atoms with Gasteiger partial charge in [0.05, 0.1) is 18.0 Å². The van der Waals surface area contributed by atoms with Gasteiger partial charge < -0.3 is 20.1 Å². The van der Waals surface area contributed by atoms with Gasteiger partial charge in [0, 0.05) is 31.3 Å². The Kier molecular flexibility index (Phi) is 9.17. The molecule has 1 heterocycles. The van der Waals surface area contributed by atoms with Crippen LogP contribution in [-0.4, -0.2) is 43.9 Å². The van der Waals surface area contributed by atoms with E-state index in [1.165, 1.54) is 41.7 Å². The quantitative estimate of drug-likeness (QED) is 0.248. The molecule has 0 bridgehead atoms. The zero-order chi connectivity index (χ0) is 27.2. The molecular weight excluding hydrogens is 511 g/mol. The Morgan fingerprint density at radius 3 is 2.47 bits per heavy atom. The number of aliphatic carboxylic acids is 1. The third-order valence-corrected chi connectivity index (χ3v) is 7.54. The number of hydrogen-bond acceptors (Lipinski definition) is 5. The number of carbonyl (C=O) groups is 1. The van der Waals surface area contributed by atoms with E-state index in [0.717, 1.165) is 30.5 Å². The van der Waals surface area contributed by atoms with Crippen molar-refractivity contribution in [3.8, 4) is 17.5 Å². The van der Waals surface area contributed by atoms with E-state index in [4.69, 9.17) is 16.3 Å². The van der Waals surface area contributed by atoms with Gasteiger partial charge in [0.2, 0.25) is 0 Å². The lowest BCUT2D eigenvalue weighted by Crippen LogP contribution is -2.34. The van der Waals surface area contributed by atoms with Crippen molar-refractivity contribution in [3.63, 3.8) is 0 Å². The molecule has 0 aliphatic heterocycles. The summed E-state index contributed by atoms with van der Waals surface area (Å²) in [6, 6.07) is 12.7. The van der Waals surface area contributed by atoms with Crippen LogP contribution in [0.2, 0.25) is 5.02 Å². The number of aryl methyl sites for hydroxylation is 1. The van der Waals surface area contributed by atoms with Crippen molar-refractivity contribution in [2.24, 2.45) is 5.92 Å². The van der Waals surface area contributed by atoms with Gasteiger partial charge in [-0.05, 0) is 60.6 Å². The number of aromatic nitrogens is 1. The van der Waals surface area contributed by atoms with Crippen LogP contribution in [0.1, 0.15) is 54.8 Å². The van der Waals surface area contributed by atoms with Gasteiger partial charge in [0.15, 0.2) is 11.8 Å². The molecule has 1 unspecified atom stereocenters. The van der Waals surface area contributed by atoms with Gasteiger partial charge in [-0.1, -0.05) is 42.6 Å². The number of ether oxygens (including phenoxy) is 1. The van der Waals surface area contributed by atoms with Gasteiger partial charge in [0.25, 0.3) is 0 Å². The largest absolute Gasteiger partial charge is 0.494 e. The van der Waals surface area contributed by atoms with Crippen LogP contribution in [0.3, 0.4) is 0 Å². The van der Waals surface area contributed by atoms with E-state index in [9.17, 15) is 24.5 Å². The molecule has 0 amide bonds. The summed E-state index contributed by atoms with van der Waals surface area (Å²) in [7, 11) is 0. The highest BCUT2D eigenvalue weighted by atomic mass is 35.5. The molecule has 3 aromatic rings. The molecule has 1 aliphatic rings. The predicted octanol–water partition coefficient (Wildman–Crippen LogP) is 6.29. The number of nitrogens with zero attached hydrogens (tertiary/aromatic N) is 2. The fourth-order valence-corrected chi connectivity index (χ4v) is 5.42. The minimum atomic E-state index is -0.943. The topological polar surface area (TPSA) is 95.2 Å². The monoisotopic (exact) mass is 544 g/mol. The summed E-state index contributed by atoms with van der Waals surface area (Å²) >= 11 is 5.91. The fraction of sp³-hybridized carbons (Fsp3) is 0.414. The fourth-order valence-electron chi connectivity index (χ4n) is 5.30. The Bertz CT molecular complexity index is 1240. The molecule has 1 aliphatic carbocycles. The molecule has 0 saturated heterocycles. The van der Waals surface area contributed by atoms with E-state index >= 15 is 0 Å². The smallest absolute Gasteiger partial charge is 0.305 e. The zero-order valence-electron chi connectivity index (χ0n) is 21.4. The van der Waals surface area contributed by atoms with Gasteiger partial charge >= 0.3 is 5.97 Å². The van der Waals surface area contributed by atoms with Crippen molar-refractivity contribution in [2.45, 2.75) is 58.2 Å². The van der Waals surface area contributed by atoms with Crippen molar-refractivity contribution in [1.82, 2.24) is 9.47 Å². The van der Waals surface area contributed by atoms with Gasteiger partial charge in [0.1, 0.15) is 18.2 Å². The average Bonchev–Trinajstić information content (AvgIpc) is 3.50. The first kappa shape index (κ1) is 27.8. The molecule has 4 rings (SSSR count). The van der Waals surface area contributed by atoms with Crippen molar-refractivity contribution in [2.75, 3.05) is 13.2 Å². The van der Waals surface area contributed by atoms with Gasteiger partial charge in [-0.25, -0.2) is 4.39 Å². The summed E-state index contributed by atoms with van der Waals surface area (Å²) in [6.45, 7) is 3.71. The molecule has 0 spiro atoms. The third kappa shape index (κ3) is 6.99. The van der Waals surface area contributed by atoms with Crippen molar-refractivity contribution >= 4 is 17.6 Å². The van der Waals surface area contributed by atoms with E-state index in [1.54, 1.807) is 6.07 Å². The number of carboxylic acids is 1. The summed E-state index contributed by atoms with van der Waals surface area (Å²) in [6.07, 6.45) is 4.39. The average molecular weight is 545 g/mol. The maximum absolute atomic E-state index is 14.4. The molecule has 1 saturated carbocycles. The minimum Gasteiger partial charge on any atom is -0.494 e. The highest BCUT2D eigenvalue weighted by Crippen LogP contribution is 2.34. The molecule has 38 heavy (non-hydrogen) atoms. The molecule has 3 N–H and O–H groups in total. The van der Waals surface area contributed by atoms with Crippen LogP contribution in [0.25, 0.3) is 0 Å². The number of rotatable bonds is 12. The molecule has 2 aromatic carbocycles. The third-order valence-electron chi connectivity index (χ3n) is 7.24. The molecular formula is C29H34ClFN2O5. The van der Waals surface area contributed by atoms with Crippen molar-refractivity contribution in [3.05, 3.63) is 76.1 Å². The van der Waals surface area contributed by atoms with Gasteiger partial charge in [-0.2, -0.15) is 0 Å². The predicted molar refractivity (Wildman–Crippen MR) is 143 cm³/mol. The maximum atomic E-state index is 14.4. The van der Waals surface area contributed by atoms with Crippen molar-refractivity contribution < 1.29 is 29.2 Å². The van der Waals surface area contributed by atoms with Crippen LogP contribution >= 0.6 is 11.6 Å². The van der Waals surface area contributed by atoms with Crippen LogP contribution in [0.4, 0.5) is 4.39 Å². The molecule has 7 nitrogen and oxygen atoms in total. The van der Waals surface area contributed by atoms with Gasteiger partial charge in [-0.15, -0.1) is 0 Å². The molecule has 1 atom stereocenters. The summed E-state index contributed by atoms with van der Waals surface area (Å²) in [5, 5.41) is 29.3. The lowest BCUT2D eigenvalue weighted by molar-refractivity contribution is -0.138. The number of aromatic hydroxyl groups is 2. The van der Waals surface area contributed by atoms with E-state index in [2.05, 4.69) is 4.90 Å². The second kappa shape index (κ2) is 12.5. The van der Waals surface area contributed by atoms with Crippen LogP contribution in [-0.2, 0) is 17.9 Å². The minimum absolute atomic E-state index is 0.0126. The van der Waals surface area contributed by atoms with Crippen LogP contribution in [0.5, 0.6) is 17.5 Å². The first-order chi connectivity index (χ1) is 18.2. The second-order valence-electron chi connectivity index (χ2n) is 10.0. The normalized spacial score (nSPS) is 14.7. The molecule has 1 aromatic heterocycles. The summed E-state index contributed by atoms with van der Waals surface area (Å²) in [4.78, 5) is 14.0. The molecule has 1 fully saturated rings. The highest BCUT2D eigenvalue weighted by Gasteiger charge is 2.28. The standard InChI is InChI=1S/C29H34ClFN2O5/c1-19-14-21(6-9-26(19)38-13-12-33-27(34)10-11-28(33)35)18-32(17-20-4-2-3-5-20)25(16-29(36)37)22-7-8-23(30)24(31)15-22/h6-11,14-15,20,25,34-35H,2-5,12-13,16-18H2,1H3,(H,36,37). The van der Waals surface area contributed by atoms with Crippen LogP contribution in [0.15, 0.2) is 48.5 Å². The zero-order valence-corrected chi connectivity index (χ0v) is 22.2. The number of carboxylic acid groups (broad SMARTS) is 1. The van der Waals surface area contributed by atoms with Crippen molar-refractivity contribution in [1.29, 1.82) is 0 Å². The SMILES string of the molecule is Cc1cc(CN(CC2CCCC2)C(CC(=O)O)c2ccc(Cl)c(F)c2)ccc1OCCn1c(O)ccc1O. The Hall–Kier alpha value is -3.23. The second-order valence-corrected chi connectivity index (χ2v) is 10.4. The van der Waals surface area contributed by atoms with E-state index in [1.807, 2.05) is 25.1 Å². The van der Waals surface area contributed by atoms with E-state index in [0.29, 0.717) is 23.8 Å². The summed E-state index contributed by atoms with van der Waals surface area (Å²) in [5.74, 6) is -0.410. The first-order valence-corrected chi connectivity index (χ1v) is 13.3. The number of hydrogen-bond donors (Lipinski definition) is 3. The highest BCUT2D eigenvalue weighted by molar-refractivity contribution is 6.30. The lowest BCUT2D eigenvalue weighted by Gasteiger charge is -2.33.